The lowest BCUT2D eigenvalue weighted by Gasteiger charge is -2.23. The molecule has 0 aliphatic carbocycles. The Labute approximate surface area is 123 Å². The Balaban J connectivity index is 2.46. The number of para-hydroxylation sites is 1. The number of anilines is 2. The van der Waals surface area contributed by atoms with E-state index in [0.717, 1.165) is 11.3 Å². The van der Waals surface area contributed by atoms with E-state index in [-0.39, 0.29) is 16.1 Å². The molecule has 0 bridgehead atoms. The van der Waals surface area contributed by atoms with Crippen LogP contribution in [0.15, 0.2) is 30.6 Å². The summed E-state index contributed by atoms with van der Waals surface area (Å²) in [5.41, 5.74) is 2.27. The number of hydrogen-bond donors (Lipinski definition) is 1. The number of aromatic nitrogens is 2. The summed E-state index contributed by atoms with van der Waals surface area (Å²) in [4.78, 5) is 19.0. The van der Waals surface area contributed by atoms with E-state index in [9.17, 15) is 4.79 Å². The minimum absolute atomic E-state index is 0.0260. The van der Waals surface area contributed by atoms with Crippen LogP contribution in [0.2, 0.25) is 5.15 Å². The Morgan fingerprint density at radius 2 is 1.90 bits per heavy atom. The van der Waals surface area contributed by atoms with Gasteiger partial charge >= 0.3 is 0 Å². The summed E-state index contributed by atoms with van der Waals surface area (Å²) >= 11 is 5.90. The van der Waals surface area contributed by atoms with Gasteiger partial charge in [0.05, 0.1) is 5.56 Å². The van der Waals surface area contributed by atoms with Crippen LogP contribution in [-0.2, 0) is 5.41 Å². The van der Waals surface area contributed by atoms with Crippen molar-refractivity contribution >= 4 is 29.4 Å². The quantitative estimate of drug-likeness (QED) is 0.686. The molecule has 0 unspecified atom stereocenters. The molecule has 0 aliphatic heterocycles. The van der Waals surface area contributed by atoms with Crippen molar-refractivity contribution in [2.45, 2.75) is 26.2 Å². The maximum absolute atomic E-state index is 11.1. The third kappa shape index (κ3) is 2.96. The molecule has 0 fully saturated rings. The summed E-state index contributed by atoms with van der Waals surface area (Å²) in [5.74, 6) is 0.414. The van der Waals surface area contributed by atoms with Gasteiger partial charge in [0.25, 0.3) is 0 Å². The molecule has 2 aromatic rings. The van der Waals surface area contributed by atoms with Crippen molar-refractivity contribution in [3.05, 3.63) is 46.9 Å². The summed E-state index contributed by atoms with van der Waals surface area (Å²) in [7, 11) is 0. The minimum atomic E-state index is -0.0260. The van der Waals surface area contributed by atoms with Crippen LogP contribution in [-0.4, -0.2) is 16.3 Å². The smallest absolute Gasteiger partial charge is 0.156 e. The molecule has 0 saturated carbocycles. The molecule has 4 nitrogen and oxygen atoms in total. The van der Waals surface area contributed by atoms with E-state index >= 15 is 0 Å². The predicted molar refractivity (Wildman–Crippen MR) is 80.9 cm³/mol. The molecule has 1 aromatic carbocycles. The highest BCUT2D eigenvalue weighted by Gasteiger charge is 2.18. The molecule has 0 radical (unpaired) electrons. The number of halogens is 1. The molecule has 0 spiro atoms. The molecular weight excluding hydrogens is 274 g/mol. The first-order valence-corrected chi connectivity index (χ1v) is 6.63. The summed E-state index contributed by atoms with van der Waals surface area (Å²) in [6, 6.07) is 7.91. The first-order valence-electron chi connectivity index (χ1n) is 6.25. The fourth-order valence-electron chi connectivity index (χ4n) is 1.95. The molecule has 1 aromatic heterocycles. The van der Waals surface area contributed by atoms with Crippen LogP contribution in [0.3, 0.4) is 0 Å². The van der Waals surface area contributed by atoms with Gasteiger partial charge in [0.15, 0.2) is 6.29 Å². The SMILES string of the molecule is CC(C)(C)c1ccccc1Nc1ncnc(Cl)c1C=O. The Morgan fingerprint density at radius 3 is 2.55 bits per heavy atom. The van der Waals surface area contributed by atoms with Gasteiger partial charge in [-0.05, 0) is 17.0 Å². The molecule has 0 atom stereocenters. The highest BCUT2D eigenvalue weighted by atomic mass is 35.5. The van der Waals surface area contributed by atoms with E-state index in [0.29, 0.717) is 12.1 Å². The van der Waals surface area contributed by atoms with Gasteiger partial charge in [-0.3, -0.25) is 4.79 Å². The number of carbonyl (C=O) groups excluding carboxylic acids is 1. The normalized spacial score (nSPS) is 11.2. The number of benzene rings is 1. The van der Waals surface area contributed by atoms with Crippen molar-refractivity contribution in [3.63, 3.8) is 0 Å². The second-order valence-electron chi connectivity index (χ2n) is 5.47. The molecule has 0 aliphatic rings. The summed E-state index contributed by atoms with van der Waals surface area (Å²) in [5, 5.41) is 3.32. The Morgan fingerprint density at radius 1 is 1.20 bits per heavy atom. The molecular formula is C15H16ClN3O. The van der Waals surface area contributed by atoms with Gasteiger partial charge in [0.2, 0.25) is 0 Å². The van der Waals surface area contributed by atoms with Crippen molar-refractivity contribution < 1.29 is 4.79 Å². The minimum Gasteiger partial charge on any atom is -0.339 e. The molecule has 0 amide bonds. The van der Waals surface area contributed by atoms with Crippen molar-refractivity contribution in [1.29, 1.82) is 0 Å². The lowest BCUT2D eigenvalue weighted by Crippen LogP contribution is -2.14. The van der Waals surface area contributed by atoms with E-state index < -0.39 is 0 Å². The van der Waals surface area contributed by atoms with Crippen LogP contribution in [0.4, 0.5) is 11.5 Å². The molecule has 104 valence electrons. The van der Waals surface area contributed by atoms with Gasteiger partial charge in [0, 0.05) is 5.69 Å². The maximum atomic E-state index is 11.1. The summed E-state index contributed by atoms with van der Waals surface area (Å²) < 4.78 is 0. The van der Waals surface area contributed by atoms with E-state index in [1.165, 1.54) is 6.33 Å². The monoisotopic (exact) mass is 289 g/mol. The van der Waals surface area contributed by atoms with Gasteiger partial charge in [-0.25, -0.2) is 9.97 Å². The summed E-state index contributed by atoms with van der Waals surface area (Å²) in [6.45, 7) is 6.38. The van der Waals surface area contributed by atoms with Crippen LogP contribution in [0.1, 0.15) is 36.7 Å². The average molecular weight is 290 g/mol. The van der Waals surface area contributed by atoms with Crippen LogP contribution >= 0.6 is 11.6 Å². The van der Waals surface area contributed by atoms with E-state index in [1.807, 2.05) is 24.3 Å². The molecule has 1 N–H and O–H groups in total. The first kappa shape index (κ1) is 14.5. The zero-order chi connectivity index (χ0) is 14.8. The standard InChI is InChI=1S/C15H16ClN3O/c1-15(2,3)11-6-4-5-7-12(11)19-14-10(8-20)13(16)17-9-18-14/h4-9H,1-3H3,(H,17,18,19). The van der Waals surface area contributed by atoms with Gasteiger partial charge in [-0.2, -0.15) is 0 Å². The topological polar surface area (TPSA) is 54.9 Å². The number of aldehydes is 1. The largest absolute Gasteiger partial charge is 0.339 e. The highest BCUT2D eigenvalue weighted by molar-refractivity contribution is 6.32. The molecule has 0 saturated heterocycles. The van der Waals surface area contributed by atoms with Crippen molar-refractivity contribution in [1.82, 2.24) is 9.97 Å². The van der Waals surface area contributed by atoms with Gasteiger partial charge in [-0.15, -0.1) is 0 Å². The van der Waals surface area contributed by atoms with E-state index in [2.05, 4.69) is 36.1 Å². The second-order valence-corrected chi connectivity index (χ2v) is 5.82. The zero-order valence-corrected chi connectivity index (χ0v) is 12.4. The fourth-order valence-corrected chi connectivity index (χ4v) is 2.13. The van der Waals surface area contributed by atoms with Gasteiger partial charge < -0.3 is 5.32 Å². The number of rotatable bonds is 3. The van der Waals surface area contributed by atoms with Crippen LogP contribution in [0.25, 0.3) is 0 Å². The zero-order valence-electron chi connectivity index (χ0n) is 11.6. The Bertz CT molecular complexity index is 635. The lowest BCUT2D eigenvalue weighted by molar-refractivity contribution is 0.112. The first-order chi connectivity index (χ1) is 9.43. The van der Waals surface area contributed by atoms with Crippen LogP contribution in [0.5, 0.6) is 0 Å². The molecule has 5 heteroatoms. The summed E-state index contributed by atoms with van der Waals surface area (Å²) in [6.07, 6.45) is 1.99. The van der Waals surface area contributed by atoms with Crippen molar-refractivity contribution in [2.24, 2.45) is 0 Å². The molecule has 2 rings (SSSR count). The van der Waals surface area contributed by atoms with Gasteiger partial charge in [0.1, 0.15) is 17.3 Å². The van der Waals surface area contributed by atoms with E-state index in [1.54, 1.807) is 0 Å². The number of nitrogens with one attached hydrogen (secondary N) is 1. The second kappa shape index (κ2) is 5.59. The molecule has 1 heterocycles. The Hall–Kier alpha value is -1.94. The van der Waals surface area contributed by atoms with Crippen molar-refractivity contribution in [3.8, 4) is 0 Å². The average Bonchev–Trinajstić information content (AvgIpc) is 2.38. The fraction of sp³-hybridized carbons (Fsp3) is 0.267. The van der Waals surface area contributed by atoms with Crippen LogP contribution in [0, 0.1) is 0 Å². The third-order valence-corrected chi connectivity index (χ3v) is 3.24. The lowest BCUT2D eigenvalue weighted by atomic mass is 9.86. The maximum Gasteiger partial charge on any atom is 0.156 e. The van der Waals surface area contributed by atoms with Gasteiger partial charge in [-0.1, -0.05) is 50.6 Å². The van der Waals surface area contributed by atoms with E-state index in [4.69, 9.17) is 11.6 Å². The van der Waals surface area contributed by atoms with Crippen molar-refractivity contribution in [2.75, 3.05) is 5.32 Å². The Kier molecular flexibility index (Phi) is 4.04. The number of carbonyl (C=O) groups is 1. The number of hydrogen-bond acceptors (Lipinski definition) is 4. The predicted octanol–water partition coefficient (Wildman–Crippen LogP) is 3.98. The number of nitrogens with zero attached hydrogens (tertiary/aromatic N) is 2. The highest BCUT2D eigenvalue weighted by Crippen LogP contribution is 2.31. The third-order valence-electron chi connectivity index (χ3n) is 2.94. The molecule has 20 heavy (non-hydrogen) atoms. The van der Waals surface area contributed by atoms with Crippen LogP contribution < -0.4 is 5.32 Å².